The van der Waals surface area contributed by atoms with Crippen molar-refractivity contribution in [2.45, 2.75) is 39.2 Å². The second kappa shape index (κ2) is 10.4. The third kappa shape index (κ3) is 4.82. The number of aromatic hydroxyl groups is 1. The molecule has 3 aromatic carbocycles. The van der Waals surface area contributed by atoms with Crippen molar-refractivity contribution in [2.75, 3.05) is 18.6 Å². The molecule has 0 radical (unpaired) electrons. The number of para-hydroxylation sites is 1. The van der Waals surface area contributed by atoms with Gasteiger partial charge in [0.05, 0.1) is 30.4 Å². The number of hydrogen-bond donors (Lipinski definition) is 2. The van der Waals surface area contributed by atoms with Crippen LogP contribution in [0.2, 0.25) is 5.02 Å². The summed E-state index contributed by atoms with van der Waals surface area (Å²) < 4.78 is 11.1. The smallest absolute Gasteiger partial charge is 0.300 e. The van der Waals surface area contributed by atoms with Gasteiger partial charge in [0.15, 0.2) is 11.5 Å². The Morgan fingerprint density at radius 1 is 1.03 bits per heavy atom. The number of ether oxygens (including phenoxy) is 2. The van der Waals surface area contributed by atoms with Crippen molar-refractivity contribution in [3.05, 3.63) is 87.9 Å². The molecule has 1 fully saturated rings. The fourth-order valence-electron chi connectivity index (χ4n) is 4.61. The van der Waals surface area contributed by atoms with E-state index in [1.165, 1.54) is 24.1 Å². The maximum atomic E-state index is 13.5. The molecule has 38 heavy (non-hydrogen) atoms. The highest BCUT2D eigenvalue weighted by Gasteiger charge is 2.47. The lowest BCUT2D eigenvalue weighted by molar-refractivity contribution is -0.132. The van der Waals surface area contributed by atoms with Gasteiger partial charge in [-0.1, -0.05) is 50.6 Å². The number of aliphatic hydroxyl groups excluding tert-OH is 1. The van der Waals surface area contributed by atoms with E-state index < -0.39 is 17.7 Å². The molecular formula is C30H30ClNO6. The molecular weight excluding hydrogens is 506 g/mol. The number of amides is 1. The number of anilines is 1. The van der Waals surface area contributed by atoms with E-state index >= 15 is 0 Å². The number of carbonyl (C=O) groups excluding carboxylic acids is 2. The van der Waals surface area contributed by atoms with Crippen LogP contribution < -0.4 is 14.4 Å². The third-order valence-electron chi connectivity index (χ3n) is 6.43. The largest absolute Gasteiger partial charge is 0.507 e. The Hall–Kier alpha value is -3.97. The summed E-state index contributed by atoms with van der Waals surface area (Å²) in [4.78, 5) is 28.2. The molecule has 0 aromatic heterocycles. The molecule has 1 saturated heterocycles. The first-order chi connectivity index (χ1) is 18.0. The Morgan fingerprint density at radius 2 is 1.71 bits per heavy atom. The minimum Gasteiger partial charge on any atom is -0.507 e. The van der Waals surface area contributed by atoms with E-state index in [0.29, 0.717) is 29.2 Å². The first-order valence-electron chi connectivity index (χ1n) is 12.2. The number of phenols is 1. The van der Waals surface area contributed by atoms with Crippen LogP contribution in [0.5, 0.6) is 17.2 Å². The standard InChI is InChI=1S/C30H30ClNO6/c1-6-38-22-13-12-17(14-20(22)30(2,3)4)26(33)24-25(18-15-21(31)27(34)23(16-18)37-5)32(29(36)28(24)35)19-10-8-7-9-11-19/h7-16,25,33-34H,6H2,1-5H3/b26-24+. The summed E-state index contributed by atoms with van der Waals surface area (Å²) in [6, 6.07) is 15.8. The van der Waals surface area contributed by atoms with Gasteiger partial charge < -0.3 is 19.7 Å². The van der Waals surface area contributed by atoms with Gasteiger partial charge in [0.1, 0.15) is 11.5 Å². The van der Waals surface area contributed by atoms with Gasteiger partial charge >= 0.3 is 0 Å². The van der Waals surface area contributed by atoms with Crippen LogP contribution in [0.3, 0.4) is 0 Å². The summed E-state index contributed by atoms with van der Waals surface area (Å²) >= 11 is 6.29. The predicted molar refractivity (Wildman–Crippen MR) is 147 cm³/mol. The monoisotopic (exact) mass is 535 g/mol. The molecule has 2 N–H and O–H groups in total. The molecule has 3 aromatic rings. The van der Waals surface area contributed by atoms with Crippen LogP contribution >= 0.6 is 11.6 Å². The topological polar surface area (TPSA) is 96.3 Å². The van der Waals surface area contributed by atoms with Crippen LogP contribution in [0, 0.1) is 0 Å². The second-order valence-electron chi connectivity index (χ2n) is 9.95. The first kappa shape index (κ1) is 27.1. The summed E-state index contributed by atoms with van der Waals surface area (Å²) in [5.74, 6) is -1.49. The lowest BCUT2D eigenvalue weighted by atomic mass is 9.84. The van der Waals surface area contributed by atoms with Crippen molar-refractivity contribution >= 4 is 34.7 Å². The van der Waals surface area contributed by atoms with E-state index in [0.717, 1.165) is 5.56 Å². The van der Waals surface area contributed by atoms with Crippen molar-refractivity contribution in [2.24, 2.45) is 0 Å². The molecule has 4 rings (SSSR count). The molecule has 1 unspecified atom stereocenters. The van der Waals surface area contributed by atoms with Crippen LogP contribution in [-0.2, 0) is 15.0 Å². The van der Waals surface area contributed by atoms with E-state index in [-0.39, 0.29) is 33.3 Å². The second-order valence-corrected chi connectivity index (χ2v) is 10.4. The van der Waals surface area contributed by atoms with Gasteiger partial charge in [0.2, 0.25) is 0 Å². The number of hydrogen-bond acceptors (Lipinski definition) is 6. The van der Waals surface area contributed by atoms with Gasteiger partial charge in [-0.2, -0.15) is 0 Å². The van der Waals surface area contributed by atoms with E-state index in [1.54, 1.807) is 48.5 Å². The summed E-state index contributed by atoms with van der Waals surface area (Å²) in [5.41, 5.74) is 1.62. The Kier molecular flexibility index (Phi) is 7.42. The fourth-order valence-corrected chi connectivity index (χ4v) is 4.83. The van der Waals surface area contributed by atoms with E-state index in [1.807, 2.05) is 27.7 Å². The van der Waals surface area contributed by atoms with Gasteiger partial charge in [-0.25, -0.2) is 0 Å². The van der Waals surface area contributed by atoms with Crippen molar-refractivity contribution in [1.82, 2.24) is 0 Å². The normalized spacial score (nSPS) is 17.1. The number of nitrogens with zero attached hydrogens (tertiary/aromatic N) is 1. The number of halogens is 1. The van der Waals surface area contributed by atoms with Crippen LogP contribution in [0.15, 0.2) is 66.2 Å². The molecule has 0 bridgehead atoms. The highest BCUT2D eigenvalue weighted by molar-refractivity contribution is 6.51. The average Bonchev–Trinajstić information content (AvgIpc) is 3.15. The molecule has 1 heterocycles. The molecule has 0 saturated carbocycles. The van der Waals surface area contributed by atoms with E-state index in [2.05, 4.69) is 0 Å². The summed E-state index contributed by atoms with van der Waals surface area (Å²) in [5, 5.41) is 21.9. The molecule has 198 valence electrons. The lowest BCUT2D eigenvalue weighted by Crippen LogP contribution is -2.29. The molecule has 0 spiro atoms. The first-order valence-corrected chi connectivity index (χ1v) is 12.6. The number of aliphatic hydroxyl groups is 1. The Labute approximate surface area is 226 Å². The van der Waals surface area contributed by atoms with Gasteiger partial charge in [-0.15, -0.1) is 0 Å². The fraction of sp³-hybridized carbons (Fsp3) is 0.267. The zero-order chi connectivity index (χ0) is 27.8. The lowest BCUT2D eigenvalue weighted by Gasteiger charge is -2.26. The summed E-state index contributed by atoms with van der Waals surface area (Å²) in [6.07, 6.45) is 0. The summed E-state index contributed by atoms with van der Waals surface area (Å²) in [7, 11) is 1.37. The SMILES string of the molecule is CCOc1ccc(/C(O)=C2\C(=O)C(=O)N(c3ccccc3)C2c2cc(Cl)c(O)c(OC)c2)cc1C(C)(C)C. The molecule has 1 aliphatic heterocycles. The Balaban J connectivity index is 1.99. The van der Waals surface area contributed by atoms with Gasteiger partial charge in [-0.3, -0.25) is 14.5 Å². The summed E-state index contributed by atoms with van der Waals surface area (Å²) in [6.45, 7) is 8.43. The van der Waals surface area contributed by atoms with Gasteiger partial charge in [-0.05, 0) is 60.4 Å². The zero-order valence-electron chi connectivity index (χ0n) is 21.9. The van der Waals surface area contributed by atoms with Crippen molar-refractivity contribution in [1.29, 1.82) is 0 Å². The number of ketones is 1. The van der Waals surface area contributed by atoms with Gasteiger partial charge in [0, 0.05) is 16.8 Å². The van der Waals surface area contributed by atoms with E-state index in [9.17, 15) is 19.8 Å². The predicted octanol–water partition coefficient (Wildman–Crippen LogP) is 6.38. The molecule has 1 amide bonds. The highest BCUT2D eigenvalue weighted by atomic mass is 35.5. The van der Waals surface area contributed by atoms with Crippen molar-refractivity contribution in [3.8, 4) is 17.2 Å². The van der Waals surface area contributed by atoms with Crippen LogP contribution in [-0.4, -0.2) is 35.6 Å². The quantitative estimate of drug-likeness (QED) is 0.216. The van der Waals surface area contributed by atoms with Gasteiger partial charge in [0.25, 0.3) is 11.7 Å². The maximum Gasteiger partial charge on any atom is 0.300 e. The maximum absolute atomic E-state index is 13.5. The number of rotatable bonds is 6. The zero-order valence-corrected chi connectivity index (χ0v) is 22.7. The number of carbonyl (C=O) groups is 2. The Bertz CT molecular complexity index is 1420. The number of benzene rings is 3. The third-order valence-corrected chi connectivity index (χ3v) is 6.71. The molecule has 0 aliphatic carbocycles. The van der Waals surface area contributed by atoms with E-state index in [4.69, 9.17) is 21.1 Å². The number of phenolic OH excluding ortho intramolecular Hbond substituents is 1. The number of Topliss-reactive ketones (excluding diaryl/α,β-unsaturated/α-hetero) is 1. The highest BCUT2D eigenvalue weighted by Crippen LogP contribution is 2.46. The minimum atomic E-state index is -1.03. The number of methoxy groups -OCH3 is 1. The molecule has 7 nitrogen and oxygen atoms in total. The van der Waals surface area contributed by atoms with Crippen LogP contribution in [0.1, 0.15) is 50.4 Å². The molecule has 1 atom stereocenters. The Morgan fingerprint density at radius 3 is 2.32 bits per heavy atom. The van der Waals surface area contributed by atoms with Crippen LogP contribution in [0.25, 0.3) is 5.76 Å². The minimum absolute atomic E-state index is 0.0194. The van der Waals surface area contributed by atoms with Crippen molar-refractivity contribution in [3.63, 3.8) is 0 Å². The molecule has 8 heteroatoms. The van der Waals surface area contributed by atoms with Crippen molar-refractivity contribution < 1.29 is 29.3 Å². The molecule has 1 aliphatic rings. The average molecular weight is 536 g/mol. The van der Waals surface area contributed by atoms with Crippen LogP contribution in [0.4, 0.5) is 5.69 Å².